The predicted molar refractivity (Wildman–Crippen MR) is 79.7 cm³/mol. The lowest BCUT2D eigenvalue weighted by Crippen LogP contribution is -2.38. The summed E-state index contributed by atoms with van der Waals surface area (Å²) in [4.78, 5) is 0. The largest absolute Gasteiger partial charge is 0.317 e. The van der Waals surface area contributed by atoms with E-state index in [1.165, 1.54) is 0 Å². The van der Waals surface area contributed by atoms with E-state index in [9.17, 15) is 8.42 Å². The van der Waals surface area contributed by atoms with Crippen LogP contribution in [0.15, 0.2) is 0 Å². The van der Waals surface area contributed by atoms with Crippen molar-refractivity contribution in [3.05, 3.63) is 0 Å². The van der Waals surface area contributed by atoms with Crippen molar-refractivity contribution in [2.24, 2.45) is 0 Å². The molecule has 0 amide bonds. The zero-order chi connectivity index (χ0) is 13.4. The van der Waals surface area contributed by atoms with E-state index in [4.69, 9.17) is 0 Å². The third-order valence-electron chi connectivity index (χ3n) is 3.29. The number of thioether (sulfide) groups is 1. The van der Waals surface area contributed by atoms with Crippen LogP contribution in [0.4, 0.5) is 0 Å². The molecule has 1 N–H and O–H groups in total. The van der Waals surface area contributed by atoms with E-state index in [-0.39, 0.29) is 6.04 Å². The van der Waals surface area contributed by atoms with Crippen molar-refractivity contribution in [2.45, 2.75) is 38.6 Å². The van der Waals surface area contributed by atoms with E-state index in [0.29, 0.717) is 5.75 Å². The molecule has 0 aliphatic carbocycles. The van der Waals surface area contributed by atoms with Gasteiger partial charge < -0.3 is 5.32 Å². The Morgan fingerprint density at radius 1 is 1.33 bits per heavy atom. The van der Waals surface area contributed by atoms with Crippen LogP contribution in [0.1, 0.15) is 32.6 Å². The van der Waals surface area contributed by atoms with Crippen LogP contribution in [-0.4, -0.2) is 56.2 Å². The molecule has 0 aromatic rings. The number of sulfonamides is 1. The summed E-state index contributed by atoms with van der Waals surface area (Å²) >= 11 is 1.85. The molecule has 6 heteroatoms. The van der Waals surface area contributed by atoms with Gasteiger partial charge in [0, 0.05) is 18.8 Å². The highest BCUT2D eigenvalue weighted by Gasteiger charge is 2.28. The summed E-state index contributed by atoms with van der Waals surface area (Å²) in [7, 11) is -1.31. The van der Waals surface area contributed by atoms with E-state index in [0.717, 1.165) is 50.3 Å². The quantitative estimate of drug-likeness (QED) is 0.655. The van der Waals surface area contributed by atoms with E-state index in [2.05, 4.69) is 12.2 Å². The van der Waals surface area contributed by atoms with Crippen LogP contribution in [0.2, 0.25) is 0 Å². The molecule has 1 atom stereocenters. The first-order chi connectivity index (χ1) is 8.58. The van der Waals surface area contributed by atoms with Crippen molar-refractivity contribution in [3.63, 3.8) is 0 Å². The van der Waals surface area contributed by atoms with Crippen LogP contribution in [0, 0.1) is 0 Å². The van der Waals surface area contributed by atoms with E-state index in [1.807, 2.05) is 11.8 Å². The van der Waals surface area contributed by atoms with Gasteiger partial charge in [0.05, 0.1) is 5.75 Å². The lowest BCUT2D eigenvalue weighted by Gasteiger charge is -2.23. The average Bonchev–Trinajstić information content (AvgIpc) is 2.86. The minimum Gasteiger partial charge on any atom is -0.317 e. The van der Waals surface area contributed by atoms with E-state index < -0.39 is 10.0 Å². The average molecular weight is 294 g/mol. The van der Waals surface area contributed by atoms with Gasteiger partial charge in [-0.1, -0.05) is 6.92 Å². The highest BCUT2D eigenvalue weighted by Crippen LogP contribution is 2.23. The Morgan fingerprint density at radius 3 is 2.72 bits per heavy atom. The van der Waals surface area contributed by atoms with Gasteiger partial charge in [0.25, 0.3) is 0 Å². The number of hydrogen-bond acceptors (Lipinski definition) is 4. The van der Waals surface area contributed by atoms with E-state index >= 15 is 0 Å². The van der Waals surface area contributed by atoms with Gasteiger partial charge in [-0.15, -0.1) is 0 Å². The Hall–Kier alpha value is 0.220. The second kappa shape index (κ2) is 8.40. The molecule has 108 valence electrons. The van der Waals surface area contributed by atoms with Gasteiger partial charge >= 0.3 is 0 Å². The van der Waals surface area contributed by atoms with Crippen LogP contribution in [0.3, 0.4) is 0 Å². The van der Waals surface area contributed by atoms with Gasteiger partial charge in [-0.05, 0) is 44.5 Å². The summed E-state index contributed by atoms with van der Waals surface area (Å²) in [5.41, 5.74) is 0. The first-order valence-corrected chi connectivity index (χ1v) is 9.58. The van der Waals surface area contributed by atoms with Crippen molar-refractivity contribution >= 4 is 21.8 Å². The molecule has 0 bridgehead atoms. The van der Waals surface area contributed by atoms with Crippen molar-refractivity contribution in [3.8, 4) is 0 Å². The maximum absolute atomic E-state index is 12.1. The molecule has 1 aliphatic rings. The highest BCUT2D eigenvalue weighted by atomic mass is 32.2. The van der Waals surface area contributed by atoms with Crippen molar-refractivity contribution in [1.82, 2.24) is 9.62 Å². The van der Waals surface area contributed by atoms with Crippen LogP contribution >= 0.6 is 11.8 Å². The second-order valence-corrected chi connectivity index (χ2v) is 8.10. The van der Waals surface area contributed by atoms with Gasteiger partial charge in [0.1, 0.15) is 0 Å². The van der Waals surface area contributed by atoms with Crippen LogP contribution < -0.4 is 5.32 Å². The van der Waals surface area contributed by atoms with Gasteiger partial charge in [-0.25, -0.2) is 12.7 Å². The molecule has 1 heterocycles. The Morgan fingerprint density at radius 2 is 2.11 bits per heavy atom. The topological polar surface area (TPSA) is 49.4 Å². The lowest BCUT2D eigenvalue weighted by molar-refractivity contribution is 0.393. The molecule has 1 rings (SSSR count). The molecule has 18 heavy (non-hydrogen) atoms. The number of nitrogens with zero attached hydrogens (tertiary/aromatic N) is 1. The first kappa shape index (κ1) is 16.3. The molecular formula is C12H26N2O2S2. The van der Waals surface area contributed by atoms with Crippen LogP contribution in [0.5, 0.6) is 0 Å². The first-order valence-electron chi connectivity index (χ1n) is 6.82. The maximum Gasteiger partial charge on any atom is 0.214 e. The summed E-state index contributed by atoms with van der Waals surface area (Å²) in [5.74, 6) is 2.33. The van der Waals surface area contributed by atoms with E-state index in [1.54, 1.807) is 11.4 Å². The van der Waals surface area contributed by atoms with Gasteiger partial charge in [-0.3, -0.25) is 0 Å². The third-order valence-corrected chi connectivity index (χ3v) is 6.42. The molecule has 0 aromatic heterocycles. The number of hydrogen-bond donors (Lipinski definition) is 1. The molecule has 0 aromatic carbocycles. The minimum atomic E-state index is -3.04. The maximum atomic E-state index is 12.1. The Balaban J connectivity index is 2.22. The molecular weight excluding hydrogens is 268 g/mol. The molecule has 1 aliphatic heterocycles. The number of rotatable bonds is 9. The van der Waals surface area contributed by atoms with Gasteiger partial charge in [0.2, 0.25) is 10.0 Å². The Kier molecular flexibility index (Phi) is 7.60. The molecule has 1 unspecified atom stereocenters. The van der Waals surface area contributed by atoms with Gasteiger partial charge in [0.15, 0.2) is 0 Å². The van der Waals surface area contributed by atoms with Crippen molar-refractivity contribution in [1.29, 1.82) is 0 Å². The van der Waals surface area contributed by atoms with Crippen molar-refractivity contribution in [2.75, 3.05) is 37.4 Å². The molecule has 0 radical (unpaired) electrons. The smallest absolute Gasteiger partial charge is 0.214 e. The summed E-state index contributed by atoms with van der Waals surface area (Å²) in [6, 6.07) is 0.221. The minimum absolute atomic E-state index is 0.221. The molecule has 1 fully saturated rings. The lowest BCUT2D eigenvalue weighted by atomic mass is 10.3. The Bertz CT molecular complexity index is 314. The Labute approximate surface area is 116 Å². The van der Waals surface area contributed by atoms with Crippen molar-refractivity contribution < 1.29 is 8.42 Å². The summed E-state index contributed by atoms with van der Waals surface area (Å²) in [5, 5.41) is 3.29. The third kappa shape index (κ3) is 5.47. The number of unbranched alkanes of at least 4 members (excludes halogenated alkanes) is 1. The fourth-order valence-electron chi connectivity index (χ4n) is 2.02. The second-order valence-electron chi connectivity index (χ2n) is 4.81. The highest BCUT2D eigenvalue weighted by molar-refractivity contribution is 7.99. The normalized spacial score (nSPS) is 20.7. The molecule has 0 spiro atoms. The van der Waals surface area contributed by atoms with Gasteiger partial charge in [-0.2, -0.15) is 11.8 Å². The summed E-state index contributed by atoms with van der Waals surface area (Å²) in [6.07, 6.45) is 3.81. The van der Waals surface area contributed by atoms with Crippen LogP contribution in [-0.2, 0) is 10.0 Å². The summed E-state index contributed by atoms with van der Waals surface area (Å²) < 4.78 is 25.8. The standard InChI is InChI=1S/C12H26N2O2S2/c1-3-7-13-8-4-5-10-18(15,16)14(2)12-6-9-17-11-12/h12-13H,3-11H2,1-2H3. The van der Waals surface area contributed by atoms with Crippen LogP contribution in [0.25, 0.3) is 0 Å². The zero-order valence-corrected chi connectivity index (χ0v) is 13.2. The zero-order valence-electron chi connectivity index (χ0n) is 11.5. The number of nitrogens with one attached hydrogen (secondary N) is 1. The molecule has 4 nitrogen and oxygen atoms in total. The fraction of sp³-hybridized carbons (Fsp3) is 1.00. The summed E-state index contributed by atoms with van der Waals surface area (Å²) in [6.45, 7) is 4.07. The molecule has 1 saturated heterocycles. The predicted octanol–water partition coefficient (Wildman–Crippen LogP) is 1.53. The molecule has 0 saturated carbocycles. The fourth-order valence-corrected chi connectivity index (χ4v) is 4.87. The SMILES string of the molecule is CCCNCCCCS(=O)(=O)N(C)C1CCSC1. The monoisotopic (exact) mass is 294 g/mol.